The van der Waals surface area contributed by atoms with Crippen LogP contribution in [-0.2, 0) is 4.79 Å². The van der Waals surface area contributed by atoms with E-state index < -0.39 is 0 Å². The van der Waals surface area contributed by atoms with Crippen LogP contribution in [0.15, 0.2) is 5.03 Å². The van der Waals surface area contributed by atoms with Gasteiger partial charge in [0.25, 0.3) is 0 Å². The summed E-state index contributed by atoms with van der Waals surface area (Å²) in [5.41, 5.74) is 1.23. The monoisotopic (exact) mass is 379 g/mol. The van der Waals surface area contributed by atoms with Crippen molar-refractivity contribution in [3.8, 4) is 0 Å². The molecule has 0 saturated carbocycles. The van der Waals surface area contributed by atoms with Gasteiger partial charge in [-0.15, -0.1) is 11.3 Å². The summed E-state index contributed by atoms with van der Waals surface area (Å²) in [4.78, 5) is 26.5. The van der Waals surface area contributed by atoms with Gasteiger partial charge in [-0.3, -0.25) is 4.79 Å². The SMILES string of the molecule is Cc1sc2nc(C(C)C)nc(SCC(=O)N(C(C)C)C(C)C)c2c1C. The first-order valence-corrected chi connectivity index (χ1v) is 10.6. The van der Waals surface area contributed by atoms with Crippen LogP contribution in [0.1, 0.15) is 63.7 Å². The Labute approximate surface area is 159 Å². The summed E-state index contributed by atoms with van der Waals surface area (Å²) in [5.74, 6) is 1.70. The number of hydrogen-bond acceptors (Lipinski definition) is 5. The van der Waals surface area contributed by atoms with Gasteiger partial charge >= 0.3 is 0 Å². The highest BCUT2D eigenvalue weighted by Gasteiger charge is 2.22. The number of thiophene rings is 1. The van der Waals surface area contributed by atoms with Crippen molar-refractivity contribution < 1.29 is 4.79 Å². The molecule has 4 nitrogen and oxygen atoms in total. The van der Waals surface area contributed by atoms with E-state index in [-0.39, 0.29) is 23.9 Å². The van der Waals surface area contributed by atoms with Crippen molar-refractivity contribution in [3.05, 3.63) is 16.3 Å². The molecule has 0 aromatic carbocycles. The van der Waals surface area contributed by atoms with E-state index in [1.807, 2.05) is 4.90 Å². The minimum atomic E-state index is 0.164. The van der Waals surface area contributed by atoms with E-state index in [9.17, 15) is 4.79 Å². The molecule has 138 valence electrons. The van der Waals surface area contributed by atoms with Crippen molar-refractivity contribution in [3.63, 3.8) is 0 Å². The number of aryl methyl sites for hydroxylation is 2. The second kappa shape index (κ2) is 8.04. The van der Waals surface area contributed by atoms with E-state index in [1.165, 1.54) is 10.4 Å². The molecule has 0 radical (unpaired) electrons. The zero-order valence-electron chi connectivity index (χ0n) is 16.5. The minimum Gasteiger partial charge on any atom is -0.337 e. The molecule has 0 N–H and O–H groups in total. The number of aromatic nitrogens is 2. The molecule has 0 unspecified atom stereocenters. The van der Waals surface area contributed by atoms with Gasteiger partial charge in [0.2, 0.25) is 5.91 Å². The molecule has 0 atom stereocenters. The Morgan fingerprint density at radius 2 is 1.68 bits per heavy atom. The van der Waals surface area contributed by atoms with E-state index in [2.05, 4.69) is 55.4 Å². The highest BCUT2D eigenvalue weighted by Crippen LogP contribution is 2.36. The maximum Gasteiger partial charge on any atom is 0.233 e. The van der Waals surface area contributed by atoms with Crippen molar-refractivity contribution in [1.29, 1.82) is 0 Å². The van der Waals surface area contributed by atoms with Gasteiger partial charge in [-0.25, -0.2) is 9.97 Å². The molecule has 0 aliphatic carbocycles. The molecule has 0 spiro atoms. The third kappa shape index (κ3) is 4.34. The van der Waals surface area contributed by atoms with Crippen molar-refractivity contribution in [2.24, 2.45) is 0 Å². The van der Waals surface area contributed by atoms with Gasteiger partial charge in [0.15, 0.2) is 0 Å². The van der Waals surface area contributed by atoms with Gasteiger partial charge in [0.1, 0.15) is 15.7 Å². The summed E-state index contributed by atoms with van der Waals surface area (Å²) < 4.78 is 0. The van der Waals surface area contributed by atoms with Crippen LogP contribution in [0.3, 0.4) is 0 Å². The number of amides is 1. The van der Waals surface area contributed by atoms with Crippen LogP contribution in [0.25, 0.3) is 10.2 Å². The predicted octanol–water partition coefficient (Wildman–Crippen LogP) is 5.17. The summed E-state index contributed by atoms with van der Waals surface area (Å²) in [5, 5.41) is 2.06. The average Bonchev–Trinajstić information content (AvgIpc) is 2.79. The molecule has 1 amide bonds. The first kappa shape index (κ1) is 20.2. The molecule has 0 aliphatic rings. The molecule has 2 heterocycles. The average molecular weight is 380 g/mol. The van der Waals surface area contributed by atoms with E-state index >= 15 is 0 Å². The lowest BCUT2D eigenvalue weighted by molar-refractivity contribution is -0.131. The molecule has 0 saturated heterocycles. The van der Waals surface area contributed by atoms with Crippen LogP contribution in [0.5, 0.6) is 0 Å². The molecule has 2 aromatic heterocycles. The molecular weight excluding hydrogens is 350 g/mol. The van der Waals surface area contributed by atoms with Crippen LogP contribution in [0.4, 0.5) is 0 Å². The largest absolute Gasteiger partial charge is 0.337 e. The molecule has 2 rings (SSSR count). The normalized spacial score (nSPS) is 12.0. The molecule has 0 fully saturated rings. The first-order valence-electron chi connectivity index (χ1n) is 8.85. The van der Waals surface area contributed by atoms with Crippen LogP contribution in [0.2, 0.25) is 0 Å². The van der Waals surface area contributed by atoms with Gasteiger partial charge in [-0.05, 0) is 47.1 Å². The lowest BCUT2D eigenvalue weighted by Crippen LogP contribution is -2.43. The number of carbonyl (C=O) groups is 1. The number of thioether (sulfide) groups is 1. The van der Waals surface area contributed by atoms with Crippen molar-refractivity contribution >= 4 is 39.2 Å². The van der Waals surface area contributed by atoms with Crippen LogP contribution in [0, 0.1) is 13.8 Å². The Morgan fingerprint density at radius 3 is 2.20 bits per heavy atom. The quantitative estimate of drug-likeness (QED) is 0.513. The number of nitrogens with zero attached hydrogens (tertiary/aromatic N) is 3. The van der Waals surface area contributed by atoms with E-state index in [4.69, 9.17) is 9.97 Å². The van der Waals surface area contributed by atoms with Crippen molar-refractivity contribution in [2.75, 3.05) is 5.75 Å². The van der Waals surface area contributed by atoms with Gasteiger partial charge < -0.3 is 4.90 Å². The highest BCUT2D eigenvalue weighted by atomic mass is 32.2. The number of rotatable bonds is 6. The maximum absolute atomic E-state index is 12.7. The third-order valence-corrected chi connectivity index (χ3v) is 6.32. The van der Waals surface area contributed by atoms with Crippen LogP contribution >= 0.6 is 23.1 Å². The fourth-order valence-corrected chi connectivity index (χ4v) is 5.03. The fraction of sp³-hybridized carbons (Fsp3) is 0.632. The zero-order chi connectivity index (χ0) is 18.9. The Morgan fingerprint density at radius 1 is 1.08 bits per heavy atom. The van der Waals surface area contributed by atoms with Gasteiger partial charge in [-0.2, -0.15) is 0 Å². The Kier molecular flexibility index (Phi) is 6.49. The van der Waals surface area contributed by atoms with Crippen molar-refractivity contribution in [1.82, 2.24) is 14.9 Å². The predicted molar refractivity (Wildman–Crippen MR) is 109 cm³/mol. The summed E-state index contributed by atoms with van der Waals surface area (Å²) >= 11 is 3.26. The third-order valence-electron chi connectivity index (χ3n) is 4.26. The molecule has 2 aromatic rings. The number of hydrogen-bond donors (Lipinski definition) is 0. The summed E-state index contributed by atoms with van der Waals surface area (Å²) in [6, 6.07) is 0.407. The Hall–Kier alpha value is -1.14. The molecule has 25 heavy (non-hydrogen) atoms. The van der Waals surface area contributed by atoms with E-state index in [0.29, 0.717) is 5.75 Å². The van der Waals surface area contributed by atoms with Crippen LogP contribution in [-0.4, -0.2) is 38.6 Å². The van der Waals surface area contributed by atoms with Crippen molar-refractivity contribution in [2.45, 2.75) is 78.4 Å². The number of fused-ring (bicyclic) bond motifs is 1. The standard InChI is InChI=1S/C19H29N3OS2/c1-10(2)17-20-18(16-13(7)14(8)25-19(16)21-17)24-9-15(23)22(11(3)4)12(5)6/h10-12H,9H2,1-8H3. The fourth-order valence-electron chi connectivity index (χ4n) is 2.97. The number of carbonyl (C=O) groups excluding carboxylic acids is 1. The summed E-state index contributed by atoms with van der Waals surface area (Å²) in [6.45, 7) is 16.7. The molecule has 6 heteroatoms. The zero-order valence-corrected chi connectivity index (χ0v) is 18.1. The summed E-state index contributed by atoms with van der Waals surface area (Å²) in [7, 11) is 0. The first-order chi connectivity index (χ1) is 11.6. The van der Waals surface area contributed by atoms with Gasteiger partial charge in [-0.1, -0.05) is 25.6 Å². The molecule has 0 bridgehead atoms. The lowest BCUT2D eigenvalue weighted by atomic mass is 10.2. The topological polar surface area (TPSA) is 46.1 Å². The molecule has 0 aliphatic heterocycles. The van der Waals surface area contributed by atoms with Gasteiger partial charge in [0, 0.05) is 28.3 Å². The second-order valence-corrected chi connectivity index (χ2v) is 9.45. The van der Waals surface area contributed by atoms with Crippen LogP contribution < -0.4 is 0 Å². The second-order valence-electron chi connectivity index (χ2n) is 7.28. The highest BCUT2D eigenvalue weighted by molar-refractivity contribution is 8.00. The van der Waals surface area contributed by atoms with Gasteiger partial charge in [0.05, 0.1) is 5.75 Å². The summed E-state index contributed by atoms with van der Waals surface area (Å²) in [6.07, 6.45) is 0. The maximum atomic E-state index is 12.7. The lowest BCUT2D eigenvalue weighted by Gasteiger charge is -2.30. The van der Waals surface area contributed by atoms with E-state index in [0.717, 1.165) is 21.1 Å². The Balaban J connectivity index is 2.35. The Bertz CT molecular complexity index is 758. The van der Waals surface area contributed by atoms with E-state index in [1.54, 1.807) is 23.1 Å². The minimum absolute atomic E-state index is 0.164. The smallest absolute Gasteiger partial charge is 0.233 e. The molecular formula is C19H29N3OS2.